The average molecular weight is 241 g/mol. The van der Waals surface area contributed by atoms with Crippen LogP contribution in [-0.2, 0) is 0 Å². The molecule has 1 rings (SSSR count). The van der Waals surface area contributed by atoms with Crippen LogP contribution in [0.5, 0.6) is 0 Å². The summed E-state index contributed by atoms with van der Waals surface area (Å²) in [6, 6.07) is 0. The van der Waals surface area contributed by atoms with Crippen LogP contribution < -0.4 is 0 Å². The zero-order valence-corrected chi connectivity index (χ0v) is 13.3. The van der Waals surface area contributed by atoms with Crippen LogP contribution in [0.2, 0.25) is 0 Å². The molecule has 0 N–H and O–H groups in total. The van der Waals surface area contributed by atoms with Crippen LogP contribution in [-0.4, -0.2) is 25.0 Å². The molecular formula is C16H35N. The molecule has 1 saturated heterocycles. The highest BCUT2D eigenvalue weighted by Gasteiger charge is 2.26. The lowest BCUT2D eigenvalue weighted by molar-refractivity contribution is 0.152. The van der Waals surface area contributed by atoms with Gasteiger partial charge in [-0.3, -0.25) is 0 Å². The van der Waals surface area contributed by atoms with Gasteiger partial charge in [0.15, 0.2) is 0 Å². The molecule has 0 saturated carbocycles. The van der Waals surface area contributed by atoms with E-state index in [1.807, 2.05) is 13.8 Å². The van der Waals surface area contributed by atoms with E-state index in [1.54, 1.807) is 0 Å². The van der Waals surface area contributed by atoms with Gasteiger partial charge in [0, 0.05) is 0 Å². The quantitative estimate of drug-likeness (QED) is 0.682. The number of rotatable bonds is 4. The second kappa shape index (κ2) is 8.13. The minimum Gasteiger partial charge on any atom is -0.306 e. The predicted molar refractivity (Wildman–Crippen MR) is 79.4 cm³/mol. The predicted octanol–water partition coefficient (Wildman–Crippen LogP) is 4.82. The second-order valence-electron chi connectivity index (χ2n) is 6.71. The maximum atomic E-state index is 2.46. The molecule has 0 aromatic rings. The van der Waals surface area contributed by atoms with Gasteiger partial charge in [-0.2, -0.15) is 0 Å². The van der Waals surface area contributed by atoms with Crippen molar-refractivity contribution >= 4 is 0 Å². The van der Waals surface area contributed by atoms with Crippen molar-refractivity contribution in [2.75, 3.05) is 20.1 Å². The van der Waals surface area contributed by atoms with Gasteiger partial charge in [-0.25, -0.2) is 0 Å². The lowest BCUT2D eigenvalue weighted by Gasteiger charge is -2.35. The van der Waals surface area contributed by atoms with Gasteiger partial charge in [-0.1, -0.05) is 41.5 Å². The molecule has 1 aliphatic rings. The fraction of sp³-hybridized carbons (Fsp3) is 1.00. The summed E-state index contributed by atoms with van der Waals surface area (Å²) in [5.41, 5.74) is 0.550. The summed E-state index contributed by atoms with van der Waals surface area (Å²) in [6.45, 7) is 16.2. The molecule has 0 aromatic heterocycles. The van der Waals surface area contributed by atoms with Crippen molar-refractivity contribution in [1.29, 1.82) is 0 Å². The van der Waals surface area contributed by atoms with Gasteiger partial charge in [-0.15, -0.1) is 0 Å². The summed E-state index contributed by atoms with van der Waals surface area (Å²) >= 11 is 0. The lowest BCUT2D eigenvalue weighted by atomic mass is 9.74. The topological polar surface area (TPSA) is 3.24 Å². The first-order chi connectivity index (χ1) is 7.89. The number of hydrogen-bond acceptors (Lipinski definition) is 1. The van der Waals surface area contributed by atoms with E-state index in [0.717, 1.165) is 11.8 Å². The fourth-order valence-corrected chi connectivity index (χ4v) is 3.24. The van der Waals surface area contributed by atoms with Crippen molar-refractivity contribution < 1.29 is 0 Å². The van der Waals surface area contributed by atoms with Gasteiger partial charge >= 0.3 is 0 Å². The zero-order valence-electron chi connectivity index (χ0n) is 13.3. The van der Waals surface area contributed by atoms with Gasteiger partial charge < -0.3 is 4.90 Å². The van der Waals surface area contributed by atoms with E-state index in [-0.39, 0.29) is 0 Å². The van der Waals surface area contributed by atoms with Crippen molar-refractivity contribution in [3.05, 3.63) is 0 Å². The molecule has 0 radical (unpaired) electrons. The first-order valence-electron chi connectivity index (χ1n) is 7.57. The Hall–Kier alpha value is -0.0400. The Morgan fingerprint density at radius 2 is 1.59 bits per heavy atom. The highest BCUT2D eigenvalue weighted by Crippen LogP contribution is 2.35. The number of hydrogen-bond donors (Lipinski definition) is 0. The van der Waals surface area contributed by atoms with E-state index in [1.165, 1.54) is 38.8 Å². The molecule has 0 unspecified atom stereocenters. The van der Waals surface area contributed by atoms with Gasteiger partial charge in [0.25, 0.3) is 0 Å². The smallest absolute Gasteiger partial charge is 0.00191 e. The molecule has 0 aromatic carbocycles. The Morgan fingerprint density at radius 1 is 1.12 bits per heavy atom. The molecule has 1 heterocycles. The summed E-state index contributed by atoms with van der Waals surface area (Å²) < 4.78 is 0. The summed E-state index contributed by atoms with van der Waals surface area (Å²) in [5, 5.41) is 0. The van der Waals surface area contributed by atoms with Gasteiger partial charge in [0.2, 0.25) is 0 Å². The second-order valence-corrected chi connectivity index (χ2v) is 6.71. The fourth-order valence-electron chi connectivity index (χ4n) is 3.24. The molecule has 1 heteroatoms. The SMILES string of the molecule is CC.CC(C)CC(C)(C)CC1CCN(C)CC1. The summed E-state index contributed by atoms with van der Waals surface area (Å²) in [5.74, 6) is 1.82. The Labute approximate surface area is 110 Å². The minimum absolute atomic E-state index is 0.550. The van der Waals surface area contributed by atoms with Crippen LogP contribution in [0.1, 0.15) is 67.2 Å². The normalized spacial score (nSPS) is 19.1. The first-order valence-corrected chi connectivity index (χ1v) is 7.57. The molecule has 1 fully saturated rings. The van der Waals surface area contributed by atoms with Crippen LogP contribution in [0.25, 0.3) is 0 Å². The van der Waals surface area contributed by atoms with E-state index < -0.39 is 0 Å². The van der Waals surface area contributed by atoms with Gasteiger partial charge in [0.05, 0.1) is 0 Å². The standard InChI is InChI=1S/C14H29N.C2H6/c1-12(2)10-14(3,4)11-13-6-8-15(5)9-7-13;1-2/h12-13H,6-11H2,1-5H3;1-2H3. The van der Waals surface area contributed by atoms with Crippen molar-refractivity contribution in [2.24, 2.45) is 17.3 Å². The van der Waals surface area contributed by atoms with Gasteiger partial charge in [0.1, 0.15) is 0 Å². The van der Waals surface area contributed by atoms with E-state index in [4.69, 9.17) is 0 Å². The van der Waals surface area contributed by atoms with Crippen molar-refractivity contribution in [3.63, 3.8) is 0 Å². The van der Waals surface area contributed by atoms with Crippen molar-refractivity contribution in [1.82, 2.24) is 4.90 Å². The number of piperidine rings is 1. The molecule has 104 valence electrons. The van der Waals surface area contributed by atoms with Crippen LogP contribution in [0.3, 0.4) is 0 Å². The van der Waals surface area contributed by atoms with Crippen molar-refractivity contribution in [3.8, 4) is 0 Å². The van der Waals surface area contributed by atoms with Crippen molar-refractivity contribution in [2.45, 2.75) is 67.2 Å². The van der Waals surface area contributed by atoms with Crippen LogP contribution >= 0.6 is 0 Å². The number of likely N-dealkylation sites (tertiary alicyclic amines) is 1. The highest BCUT2D eigenvalue weighted by molar-refractivity contribution is 4.78. The molecule has 0 amide bonds. The Bertz CT molecular complexity index is 176. The zero-order chi connectivity index (χ0) is 13.5. The Kier molecular flexibility index (Phi) is 8.11. The lowest BCUT2D eigenvalue weighted by Crippen LogP contribution is -2.32. The third-order valence-electron chi connectivity index (χ3n) is 3.64. The minimum atomic E-state index is 0.550. The van der Waals surface area contributed by atoms with Crippen LogP contribution in [0.4, 0.5) is 0 Å². The number of nitrogens with zero attached hydrogens (tertiary/aromatic N) is 1. The molecule has 17 heavy (non-hydrogen) atoms. The third-order valence-corrected chi connectivity index (χ3v) is 3.64. The van der Waals surface area contributed by atoms with E-state index in [0.29, 0.717) is 5.41 Å². The monoisotopic (exact) mass is 241 g/mol. The molecule has 0 spiro atoms. The first kappa shape index (κ1) is 17.0. The molecule has 1 nitrogen and oxygen atoms in total. The van der Waals surface area contributed by atoms with Crippen LogP contribution in [0.15, 0.2) is 0 Å². The third kappa shape index (κ3) is 7.81. The van der Waals surface area contributed by atoms with Crippen LogP contribution in [0, 0.1) is 17.3 Å². The maximum absolute atomic E-state index is 2.46. The summed E-state index contributed by atoms with van der Waals surface area (Å²) in [4.78, 5) is 2.46. The van der Waals surface area contributed by atoms with E-state index in [2.05, 4.69) is 39.6 Å². The summed E-state index contributed by atoms with van der Waals surface area (Å²) in [6.07, 6.45) is 5.63. The van der Waals surface area contributed by atoms with E-state index >= 15 is 0 Å². The van der Waals surface area contributed by atoms with E-state index in [9.17, 15) is 0 Å². The maximum Gasteiger partial charge on any atom is -0.00191 e. The molecule has 0 atom stereocenters. The molecule has 0 bridgehead atoms. The molecule has 0 aliphatic carbocycles. The Morgan fingerprint density at radius 3 is 2.00 bits per heavy atom. The average Bonchev–Trinajstić information content (AvgIpc) is 2.22. The largest absolute Gasteiger partial charge is 0.306 e. The molecule has 1 aliphatic heterocycles. The molecular weight excluding hydrogens is 206 g/mol. The highest BCUT2D eigenvalue weighted by atomic mass is 15.1. The summed E-state index contributed by atoms with van der Waals surface area (Å²) in [7, 11) is 2.25. The Balaban J connectivity index is 0.00000121. The van der Waals surface area contributed by atoms with Gasteiger partial charge in [-0.05, 0) is 63.1 Å².